The molecule has 1 amide bonds. The van der Waals surface area contributed by atoms with E-state index in [9.17, 15) is 9.59 Å². The summed E-state index contributed by atoms with van der Waals surface area (Å²) in [5, 5.41) is 8.90. The van der Waals surface area contributed by atoms with E-state index in [0.29, 0.717) is 19.8 Å². The standard InChI is InChI=1S/C11H17NO5/c1-16-11(2-3-17-7-11)6-12-5-8(10(14)15)4-9(12)13/h8H,2-7H2,1H3,(H,14,15). The quantitative estimate of drug-likeness (QED) is 0.735. The molecule has 17 heavy (non-hydrogen) atoms. The fourth-order valence-electron chi connectivity index (χ4n) is 2.38. The molecule has 2 rings (SSSR count). The second-order valence-electron chi connectivity index (χ2n) is 4.70. The Kier molecular flexibility index (Phi) is 3.35. The van der Waals surface area contributed by atoms with E-state index in [4.69, 9.17) is 14.6 Å². The van der Waals surface area contributed by atoms with Gasteiger partial charge in [-0.1, -0.05) is 0 Å². The number of ether oxygens (including phenoxy) is 2. The Balaban J connectivity index is 1.99. The summed E-state index contributed by atoms with van der Waals surface area (Å²) >= 11 is 0. The van der Waals surface area contributed by atoms with Gasteiger partial charge in [0.15, 0.2) is 0 Å². The summed E-state index contributed by atoms with van der Waals surface area (Å²) in [6.45, 7) is 1.79. The summed E-state index contributed by atoms with van der Waals surface area (Å²) in [5.41, 5.74) is -0.455. The summed E-state index contributed by atoms with van der Waals surface area (Å²) in [6, 6.07) is 0. The van der Waals surface area contributed by atoms with E-state index in [1.54, 1.807) is 12.0 Å². The van der Waals surface area contributed by atoms with E-state index in [-0.39, 0.29) is 18.9 Å². The SMILES string of the molecule is COC1(CN2CC(C(=O)O)CC2=O)CCOC1. The molecule has 6 heteroatoms. The van der Waals surface area contributed by atoms with Crippen LogP contribution in [0.1, 0.15) is 12.8 Å². The van der Waals surface area contributed by atoms with Gasteiger partial charge in [0, 0.05) is 33.1 Å². The van der Waals surface area contributed by atoms with Gasteiger partial charge in [0.25, 0.3) is 0 Å². The zero-order valence-corrected chi connectivity index (χ0v) is 9.85. The van der Waals surface area contributed by atoms with E-state index in [1.165, 1.54) is 0 Å². The lowest BCUT2D eigenvalue weighted by Gasteiger charge is -2.30. The Hall–Kier alpha value is -1.14. The Bertz CT molecular complexity index is 324. The molecule has 2 unspecified atom stereocenters. The van der Waals surface area contributed by atoms with Gasteiger partial charge in [-0.25, -0.2) is 0 Å². The van der Waals surface area contributed by atoms with Crippen LogP contribution in [0.15, 0.2) is 0 Å². The molecule has 96 valence electrons. The predicted octanol–water partition coefficient (Wildman–Crippen LogP) is -0.275. The number of likely N-dealkylation sites (tertiary alicyclic amines) is 1. The number of carboxylic acid groups (broad SMARTS) is 1. The van der Waals surface area contributed by atoms with Crippen molar-refractivity contribution in [1.82, 2.24) is 4.90 Å². The predicted molar refractivity (Wildman–Crippen MR) is 57.5 cm³/mol. The first-order valence-electron chi connectivity index (χ1n) is 5.70. The summed E-state index contributed by atoms with van der Waals surface area (Å²) in [4.78, 5) is 24.1. The number of amides is 1. The molecule has 2 atom stereocenters. The van der Waals surface area contributed by atoms with Gasteiger partial charge >= 0.3 is 5.97 Å². The molecule has 6 nitrogen and oxygen atoms in total. The lowest BCUT2D eigenvalue weighted by atomic mass is 10.0. The minimum atomic E-state index is -0.907. The molecule has 0 aromatic rings. The summed E-state index contributed by atoms with van der Waals surface area (Å²) in [6.07, 6.45) is 0.834. The first-order valence-corrected chi connectivity index (χ1v) is 5.70. The van der Waals surface area contributed by atoms with Crippen LogP contribution in [-0.4, -0.2) is 60.9 Å². The molecule has 2 saturated heterocycles. The van der Waals surface area contributed by atoms with Gasteiger partial charge in [0.2, 0.25) is 5.91 Å². The molecule has 2 aliphatic rings. The molecule has 0 spiro atoms. The minimum absolute atomic E-state index is 0.0932. The van der Waals surface area contributed by atoms with E-state index < -0.39 is 17.5 Å². The van der Waals surface area contributed by atoms with Crippen LogP contribution in [0, 0.1) is 5.92 Å². The van der Waals surface area contributed by atoms with Gasteiger partial charge in [0.1, 0.15) is 5.60 Å². The number of methoxy groups -OCH3 is 1. The van der Waals surface area contributed by atoms with E-state index in [0.717, 1.165) is 6.42 Å². The molecule has 1 N–H and O–H groups in total. The first-order chi connectivity index (χ1) is 8.06. The van der Waals surface area contributed by atoms with Crippen LogP contribution >= 0.6 is 0 Å². The topological polar surface area (TPSA) is 76.1 Å². The molecule has 0 aromatic carbocycles. The monoisotopic (exact) mass is 243 g/mol. The third kappa shape index (κ3) is 2.42. The first kappa shape index (κ1) is 12.3. The fourth-order valence-corrected chi connectivity index (χ4v) is 2.38. The summed E-state index contributed by atoms with van der Waals surface area (Å²) in [7, 11) is 1.60. The largest absolute Gasteiger partial charge is 0.481 e. The molecule has 0 bridgehead atoms. The zero-order valence-electron chi connectivity index (χ0n) is 9.85. The second kappa shape index (κ2) is 4.62. The number of carbonyl (C=O) groups excluding carboxylic acids is 1. The smallest absolute Gasteiger partial charge is 0.308 e. The third-order valence-electron chi connectivity index (χ3n) is 3.54. The van der Waals surface area contributed by atoms with Crippen LogP contribution in [0.4, 0.5) is 0 Å². The molecular formula is C11H17NO5. The Morgan fingerprint density at radius 2 is 2.47 bits per heavy atom. The van der Waals surface area contributed by atoms with Crippen molar-refractivity contribution in [3.8, 4) is 0 Å². The van der Waals surface area contributed by atoms with Crippen molar-refractivity contribution in [2.45, 2.75) is 18.4 Å². The number of carbonyl (C=O) groups is 2. The molecule has 0 aliphatic carbocycles. The van der Waals surface area contributed by atoms with Crippen LogP contribution in [0.25, 0.3) is 0 Å². The Morgan fingerprint density at radius 1 is 1.71 bits per heavy atom. The van der Waals surface area contributed by atoms with Crippen LogP contribution in [-0.2, 0) is 19.1 Å². The average molecular weight is 243 g/mol. The third-order valence-corrected chi connectivity index (χ3v) is 3.54. The highest BCUT2D eigenvalue weighted by atomic mass is 16.5. The zero-order chi connectivity index (χ0) is 12.5. The van der Waals surface area contributed by atoms with E-state index in [1.807, 2.05) is 0 Å². The maximum atomic E-state index is 11.7. The van der Waals surface area contributed by atoms with Crippen molar-refractivity contribution < 1.29 is 24.2 Å². The van der Waals surface area contributed by atoms with Gasteiger partial charge in [-0.05, 0) is 0 Å². The van der Waals surface area contributed by atoms with Gasteiger partial charge in [-0.2, -0.15) is 0 Å². The van der Waals surface area contributed by atoms with Crippen LogP contribution in [0.3, 0.4) is 0 Å². The second-order valence-corrected chi connectivity index (χ2v) is 4.70. The highest BCUT2D eigenvalue weighted by Crippen LogP contribution is 2.27. The van der Waals surface area contributed by atoms with Crippen LogP contribution < -0.4 is 0 Å². The van der Waals surface area contributed by atoms with Gasteiger partial charge in [0.05, 0.1) is 19.1 Å². The van der Waals surface area contributed by atoms with Crippen LogP contribution in [0.2, 0.25) is 0 Å². The number of aliphatic carboxylic acids is 1. The summed E-state index contributed by atoms with van der Waals surface area (Å²) < 4.78 is 10.7. The molecular weight excluding hydrogens is 226 g/mol. The van der Waals surface area contributed by atoms with Crippen molar-refractivity contribution >= 4 is 11.9 Å². The minimum Gasteiger partial charge on any atom is -0.481 e. The molecule has 0 saturated carbocycles. The van der Waals surface area contributed by atoms with Crippen molar-refractivity contribution in [2.75, 3.05) is 33.4 Å². The molecule has 2 fully saturated rings. The fraction of sp³-hybridized carbons (Fsp3) is 0.818. The highest BCUT2D eigenvalue weighted by Gasteiger charge is 2.42. The van der Waals surface area contributed by atoms with Gasteiger partial charge < -0.3 is 19.5 Å². The van der Waals surface area contributed by atoms with Gasteiger partial charge in [-0.15, -0.1) is 0 Å². The van der Waals surface area contributed by atoms with Crippen molar-refractivity contribution in [3.63, 3.8) is 0 Å². The maximum Gasteiger partial charge on any atom is 0.308 e. The highest BCUT2D eigenvalue weighted by molar-refractivity contribution is 5.86. The molecule has 2 heterocycles. The maximum absolute atomic E-state index is 11.7. The Labute approximate surface area is 99.5 Å². The van der Waals surface area contributed by atoms with Crippen LogP contribution in [0.5, 0.6) is 0 Å². The van der Waals surface area contributed by atoms with E-state index >= 15 is 0 Å². The molecule has 0 aromatic heterocycles. The van der Waals surface area contributed by atoms with Crippen molar-refractivity contribution in [3.05, 3.63) is 0 Å². The number of hydrogen-bond acceptors (Lipinski definition) is 4. The number of hydrogen-bond donors (Lipinski definition) is 1. The van der Waals surface area contributed by atoms with E-state index in [2.05, 4.69) is 0 Å². The Morgan fingerprint density at radius 3 is 2.94 bits per heavy atom. The number of carboxylic acids is 1. The summed E-state index contributed by atoms with van der Waals surface area (Å²) in [5.74, 6) is -1.60. The van der Waals surface area contributed by atoms with Gasteiger partial charge in [-0.3, -0.25) is 9.59 Å². The lowest BCUT2D eigenvalue weighted by Crippen LogP contribution is -2.46. The normalized spacial score (nSPS) is 33.4. The molecule has 2 aliphatic heterocycles. The number of rotatable bonds is 4. The average Bonchev–Trinajstić information content (AvgIpc) is 2.88. The number of nitrogens with zero attached hydrogens (tertiary/aromatic N) is 1. The van der Waals surface area contributed by atoms with Crippen molar-refractivity contribution in [1.29, 1.82) is 0 Å². The van der Waals surface area contributed by atoms with Crippen molar-refractivity contribution in [2.24, 2.45) is 5.92 Å². The molecule has 0 radical (unpaired) electrons. The lowest BCUT2D eigenvalue weighted by molar-refractivity contribution is -0.141.